The van der Waals surface area contributed by atoms with Gasteiger partial charge in [0.25, 0.3) is 5.91 Å². The monoisotopic (exact) mass is 261 g/mol. The van der Waals surface area contributed by atoms with Crippen molar-refractivity contribution in [3.8, 4) is 0 Å². The van der Waals surface area contributed by atoms with E-state index in [9.17, 15) is 4.79 Å². The molecular formula is C15H23N3O. The van der Waals surface area contributed by atoms with E-state index in [1.54, 1.807) is 12.3 Å². The van der Waals surface area contributed by atoms with Crippen LogP contribution in [0.5, 0.6) is 0 Å². The van der Waals surface area contributed by atoms with Crippen molar-refractivity contribution in [1.82, 2.24) is 10.4 Å². The van der Waals surface area contributed by atoms with Crippen LogP contribution in [0.15, 0.2) is 23.4 Å². The number of nitrogens with one attached hydrogen (secondary N) is 2. The Kier molecular flexibility index (Phi) is 4.40. The largest absolute Gasteiger partial charge is 0.357 e. The van der Waals surface area contributed by atoms with Gasteiger partial charge in [0, 0.05) is 17.8 Å². The third-order valence-corrected chi connectivity index (χ3v) is 3.90. The Labute approximate surface area is 114 Å². The first kappa shape index (κ1) is 13.8. The first-order valence-corrected chi connectivity index (χ1v) is 7.08. The van der Waals surface area contributed by atoms with Crippen molar-refractivity contribution in [3.05, 3.63) is 24.0 Å². The van der Waals surface area contributed by atoms with Crippen molar-refractivity contribution >= 4 is 11.6 Å². The van der Waals surface area contributed by atoms with Crippen LogP contribution in [0.1, 0.15) is 50.5 Å². The summed E-state index contributed by atoms with van der Waals surface area (Å²) < 4.78 is 0. The molecular weight excluding hydrogens is 238 g/mol. The molecule has 1 saturated carbocycles. The number of hydrazone groups is 1. The van der Waals surface area contributed by atoms with Gasteiger partial charge in [0.1, 0.15) is 5.69 Å². The molecule has 4 nitrogen and oxygen atoms in total. The number of hydrogen-bond donors (Lipinski definition) is 2. The van der Waals surface area contributed by atoms with E-state index < -0.39 is 0 Å². The highest BCUT2D eigenvalue weighted by Gasteiger charge is 2.27. The predicted octanol–water partition coefficient (Wildman–Crippen LogP) is 3.19. The van der Waals surface area contributed by atoms with Crippen molar-refractivity contribution in [3.63, 3.8) is 0 Å². The molecule has 1 aliphatic rings. The van der Waals surface area contributed by atoms with Gasteiger partial charge in [-0.05, 0) is 43.2 Å². The minimum atomic E-state index is -0.168. The normalized spacial score (nSPS) is 25.8. The molecule has 2 rings (SSSR count). The van der Waals surface area contributed by atoms with Gasteiger partial charge in [-0.25, -0.2) is 5.43 Å². The second-order valence-corrected chi connectivity index (χ2v) is 5.87. The molecule has 1 amide bonds. The molecule has 0 aliphatic heterocycles. The second-order valence-electron chi connectivity index (χ2n) is 5.87. The summed E-state index contributed by atoms with van der Waals surface area (Å²) in [5.74, 6) is 1.57. The topological polar surface area (TPSA) is 57.2 Å². The van der Waals surface area contributed by atoms with Gasteiger partial charge in [0.2, 0.25) is 0 Å². The van der Waals surface area contributed by atoms with Gasteiger partial charge in [-0.2, -0.15) is 5.10 Å². The number of carbonyl (C=O) groups is 1. The summed E-state index contributed by atoms with van der Waals surface area (Å²) in [5.41, 5.74) is 4.38. The number of H-pyrrole nitrogens is 1. The molecule has 4 heteroatoms. The lowest BCUT2D eigenvalue weighted by Crippen LogP contribution is -2.31. The smallest absolute Gasteiger partial charge is 0.287 e. The number of amides is 1. The summed E-state index contributed by atoms with van der Waals surface area (Å²) in [6.45, 7) is 6.70. The molecule has 0 aromatic carbocycles. The lowest BCUT2D eigenvalue weighted by molar-refractivity contribution is 0.0949. The number of rotatable bonds is 3. The zero-order valence-electron chi connectivity index (χ0n) is 11.9. The zero-order valence-corrected chi connectivity index (χ0v) is 11.9. The Bertz CT molecular complexity index is 448. The highest BCUT2D eigenvalue weighted by Crippen LogP contribution is 2.31. The first-order chi connectivity index (χ1) is 9.08. The maximum absolute atomic E-state index is 11.9. The number of nitrogens with zero attached hydrogens (tertiary/aromatic N) is 1. The molecule has 0 spiro atoms. The Morgan fingerprint density at radius 2 is 2.26 bits per heavy atom. The fraction of sp³-hybridized carbons (Fsp3) is 0.600. The maximum atomic E-state index is 11.9. The molecule has 1 aliphatic carbocycles. The number of hydrogen-bond acceptors (Lipinski definition) is 2. The third-order valence-electron chi connectivity index (χ3n) is 3.90. The Morgan fingerprint density at radius 1 is 1.47 bits per heavy atom. The van der Waals surface area contributed by atoms with E-state index in [0.717, 1.165) is 12.1 Å². The van der Waals surface area contributed by atoms with E-state index in [1.165, 1.54) is 12.8 Å². The SMILES string of the molecule is CC(C)[C@H]1CC[C@H](C)CC1=NNC(=O)c1ccc[nH]1. The minimum absolute atomic E-state index is 0.168. The van der Waals surface area contributed by atoms with Crippen LogP contribution in [0.3, 0.4) is 0 Å². The van der Waals surface area contributed by atoms with Crippen LogP contribution in [0.25, 0.3) is 0 Å². The molecule has 1 aromatic heterocycles. The van der Waals surface area contributed by atoms with E-state index >= 15 is 0 Å². The molecule has 0 unspecified atom stereocenters. The molecule has 1 fully saturated rings. The van der Waals surface area contributed by atoms with E-state index in [-0.39, 0.29) is 5.91 Å². The van der Waals surface area contributed by atoms with E-state index in [0.29, 0.717) is 23.4 Å². The Morgan fingerprint density at radius 3 is 2.89 bits per heavy atom. The molecule has 1 heterocycles. The summed E-state index contributed by atoms with van der Waals surface area (Å²) in [7, 11) is 0. The van der Waals surface area contributed by atoms with Gasteiger partial charge in [0.15, 0.2) is 0 Å². The highest BCUT2D eigenvalue weighted by atomic mass is 16.2. The van der Waals surface area contributed by atoms with E-state index in [4.69, 9.17) is 0 Å². The van der Waals surface area contributed by atoms with E-state index in [1.807, 2.05) is 6.07 Å². The molecule has 0 bridgehead atoms. The van der Waals surface area contributed by atoms with Crippen LogP contribution in [0.4, 0.5) is 0 Å². The second kappa shape index (κ2) is 6.04. The van der Waals surface area contributed by atoms with Crippen LogP contribution in [-0.4, -0.2) is 16.6 Å². The summed E-state index contributed by atoms with van der Waals surface area (Å²) >= 11 is 0. The van der Waals surface area contributed by atoms with Crippen LogP contribution in [-0.2, 0) is 0 Å². The van der Waals surface area contributed by atoms with Gasteiger partial charge in [-0.15, -0.1) is 0 Å². The third kappa shape index (κ3) is 3.46. The van der Waals surface area contributed by atoms with Gasteiger partial charge in [-0.3, -0.25) is 4.79 Å². The molecule has 2 N–H and O–H groups in total. The average Bonchev–Trinajstić information content (AvgIpc) is 2.89. The highest BCUT2D eigenvalue weighted by molar-refractivity contribution is 5.94. The summed E-state index contributed by atoms with van der Waals surface area (Å²) in [5, 5.41) is 4.39. The first-order valence-electron chi connectivity index (χ1n) is 7.08. The van der Waals surface area contributed by atoms with Gasteiger partial charge < -0.3 is 4.98 Å². The van der Waals surface area contributed by atoms with Gasteiger partial charge >= 0.3 is 0 Å². The summed E-state index contributed by atoms with van der Waals surface area (Å²) in [6.07, 6.45) is 5.16. The molecule has 2 atom stereocenters. The molecule has 19 heavy (non-hydrogen) atoms. The number of carbonyl (C=O) groups excluding carboxylic acids is 1. The quantitative estimate of drug-likeness (QED) is 0.807. The fourth-order valence-electron chi connectivity index (χ4n) is 2.74. The van der Waals surface area contributed by atoms with Crippen LogP contribution < -0.4 is 5.43 Å². The number of aromatic nitrogens is 1. The van der Waals surface area contributed by atoms with Gasteiger partial charge in [0.05, 0.1) is 0 Å². The number of aromatic amines is 1. The molecule has 104 valence electrons. The lowest BCUT2D eigenvalue weighted by atomic mass is 9.76. The summed E-state index contributed by atoms with van der Waals surface area (Å²) in [4.78, 5) is 14.7. The van der Waals surface area contributed by atoms with Crippen molar-refractivity contribution in [2.45, 2.75) is 40.0 Å². The van der Waals surface area contributed by atoms with Gasteiger partial charge in [-0.1, -0.05) is 20.8 Å². The van der Waals surface area contributed by atoms with Crippen LogP contribution in [0, 0.1) is 17.8 Å². The van der Waals surface area contributed by atoms with Crippen molar-refractivity contribution in [2.24, 2.45) is 22.9 Å². The molecule has 0 radical (unpaired) electrons. The van der Waals surface area contributed by atoms with Crippen LogP contribution in [0.2, 0.25) is 0 Å². The summed E-state index contributed by atoms with van der Waals surface area (Å²) in [6, 6.07) is 3.56. The minimum Gasteiger partial charge on any atom is -0.357 e. The van der Waals surface area contributed by atoms with E-state index in [2.05, 4.69) is 36.3 Å². The van der Waals surface area contributed by atoms with Crippen LogP contribution >= 0.6 is 0 Å². The maximum Gasteiger partial charge on any atom is 0.287 e. The average molecular weight is 261 g/mol. The standard InChI is InChI=1S/C15H23N3O/c1-10(2)12-7-6-11(3)9-14(12)17-18-15(19)13-5-4-8-16-13/h4-5,8,10-12,16H,6-7,9H2,1-3H3,(H,18,19)/t11-,12+/m0/s1. The van der Waals surface area contributed by atoms with Crippen molar-refractivity contribution in [2.75, 3.05) is 0 Å². The lowest BCUT2D eigenvalue weighted by Gasteiger charge is -2.30. The fourth-order valence-corrected chi connectivity index (χ4v) is 2.74. The Balaban J connectivity index is 2.04. The molecule has 0 saturated heterocycles. The zero-order chi connectivity index (χ0) is 13.8. The van der Waals surface area contributed by atoms with Crippen molar-refractivity contribution in [1.29, 1.82) is 0 Å². The predicted molar refractivity (Wildman–Crippen MR) is 77.0 cm³/mol. The molecule has 1 aromatic rings. The Hall–Kier alpha value is -1.58. The van der Waals surface area contributed by atoms with Crippen molar-refractivity contribution < 1.29 is 4.79 Å².